The molecule has 1 aromatic heterocycles. The van der Waals surface area contributed by atoms with Gasteiger partial charge in [0.25, 0.3) is 5.91 Å². The molecule has 1 heterocycles. The lowest BCUT2D eigenvalue weighted by Gasteiger charge is -2.04. The van der Waals surface area contributed by atoms with Gasteiger partial charge in [0.05, 0.1) is 18.1 Å². The highest BCUT2D eigenvalue weighted by atomic mass is 35.5. The summed E-state index contributed by atoms with van der Waals surface area (Å²) in [5, 5.41) is 12.1. The fourth-order valence-corrected chi connectivity index (χ4v) is 2.38. The van der Waals surface area contributed by atoms with Gasteiger partial charge in [-0.25, -0.2) is 5.43 Å². The van der Waals surface area contributed by atoms with Crippen LogP contribution in [0.1, 0.15) is 5.56 Å². The zero-order valence-electron chi connectivity index (χ0n) is 13.4. The van der Waals surface area contributed by atoms with Gasteiger partial charge in [-0.3, -0.25) is 9.89 Å². The fraction of sp³-hybridized carbons (Fsp3) is 0.0556. The number of nitrogens with one attached hydrogen (secondary N) is 2. The molecule has 0 bridgehead atoms. The second-order valence-electron chi connectivity index (χ2n) is 5.24. The number of hydrogen-bond donors (Lipinski definition) is 2. The molecular weight excluding hydrogens is 375 g/mol. The molecule has 3 aromatic rings. The van der Waals surface area contributed by atoms with Crippen molar-refractivity contribution in [2.45, 2.75) is 0 Å². The van der Waals surface area contributed by atoms with Crippen LogP contribution in [-0.2, 0) is 4.79 Å². The molecule has 0 aliphatic heterocycles. The number of halogens is 2. The molecule has 0 saturated carbocycles. The Morgan fingerprint density at radius 3 is 2.46 bits per heavy atom. The molecule has 0 fully saturated rings. The van der Waals surface area contributed by atoms with Crippen molar-refractivity contribution in [2.24, 2.45) is 5.10 Å². The summed E-state index contributed by atoms with van der Waals surface area (Å²) >= 11 is 11.7. The molecule has 0 saturated heterocycles. The topological polar surface area (TPSA) is 79.4 Å². The van der Waals surface area contributed by atoms with Crippen LogP contribution in [-0.4, -0.2) is 28.9 Å². The van der Waals surface area contributed by atoms with E-state index in [0.717, 1.165) is 16.8 Å². The minimum atomic E-state index is -0.382. The van der Waals surface area contributed by atoms with Crippen LogP contribution in [0.3, 0.4) is 0 Å². The summed E-state index contributed by atoms with van der Waals surface area (Å²) in [5.74, 6) is 0.168. The zero-order chi connectivity index (χ0) is 18.4. The number of hydrazone groups is 1. The van der Waals surface area contributed by atoms with Crippen LogP contribution in [0.2, 0.25) is 10.0 Å². The van der Waals surface area contributed by atoms with E-state index in [0.29, 0.717) is 15.8 Å². The summed E-state index contributed by atoms with van der Waals surface area (Å²) in [6.07, 6.45) is 3.12. The molecule has 1 amide bonds. The maximum Gasteiger partial charge on any atom is 0.277 e. The Labute approximate surface area is 159 Å². The number of rotatable bonds is 6. The van der Waals surface area contributed by atoms with E-state index in [1.165, 1.54) is 6.21 Å². The van der Waals surface area contributed by atoms with Crippen LogP contribution in [0.25, 0.3) is 11.3 Å². The maximum absolute atomic E-state index is 11.8. The number of hydrogen-bond acceptors (Lipinski definition) is 4. The Morgan fingerprint density at radius 2 is 1.77 bits per heavy atom. The number of aromatic nitrogens is 2. The first-order valence-electron chi connectivity index (χ1n) is 7.61. The Bertz CT molecular complexity index is 906. The van der Waals surface area contributed by atoms with Crippen molar-refractivity contribution in [3.05, 3.63) is 70.3 Å². The lowest BCUT2D eigenvalue weighted by atomic mass is 10.1. The predicted octanol–water partition coefficient (Wildman–Crippen LogP) is 3.91. The minimum absolute atomic E-state index is 0.158. The summed E-state index contributed by atoms with van der Waals surface area (Å²) in [7, 11) is 0. The van der Waals surface area contributed by atoms with Crippen LogP contribution in [0, 0.1) is 0 Å². The smallest absolute Gasteiger partial charge is 0.277 e. The molecule has 3 rings (SSSR count). The first-order chi connectivity index (χ1) is 12.6. The van der Waals surface area contributed by atoms with Crippen LogP contribution in [0.4, 0.5) is 0 Å². The van der Waals surface area contributed by atoms with Crippen molar-refractivity contribution in [1.82, 2.24) is 15.6 Å². The summed E-state index contributed by atoms with van der Waals surface area (Å²) in [4.78, 5) is 11.8. The number of benzene rings is 2. The van der Waals surface area contributed by atoms with Gasteiger partial charge in [-0.15, -0.1) is 0 Å². The first-order valence-corrected chi connectivity index (χ1v) is 8.37. The largest absolute Gasteiger partial charge is 0.484 e. The monoisotopic (exact) mass is 388 g/mol. The molecule has 8 heteroatoms. The molecule has 6 nitrogen and oxygen atoms in total. The van der Waals surface area contributed by atoms with E-state index < -0.39 is 0 Å². The van der Waals surface area contributed by atoms with Crippen molar-refractivity contribution in [2.75, 3.05) is 6.61 Å². The molecular formula is C18H14Cl2N4O2. The van der Waals surface area contributed by atoms with E-state index in [1.807, 2.05) is 12.1 Å². The van der Waals surface area contributed by atoms with Crippen LogP contribution in [0.5, 0.6) is 5.75 Å². The summed E-state index contributed by atoms with van der Waals surface area (Å²) in [6.45, 7) is -0.158. The van der Waals surface area contributed by atoms with Gasteiger partial charge in [-0.05, 0) is 36.4 Å². The van der Waals surface area contributed by atoms with E-state index in [4.69, 9.17) is 27.9 Å². The second-order valence-corrected chi connectivity index (χ2v) is 6.12. The third-order valence-electron chi connectivity index (χ3n) is 3.38. The summed E-state index contributed by atoms with van der Waals surface area (Å²) < 4.78 is 5.34. The molecule has 0 aliphatic carbocycles. The Kier molecular flexibility index (Phi) is 5.88. The highest BCUT2D eigenvalue weighted by Crippen LogP contribution is 2.21. The lowest BCUT2D eigenvalue weighted by Crippen LogP contribution is -2.24. The molecule has 2 aromatic carbocycles. The van der Waals surface area contributed by atoms with E-state index in [9.17, 15) is 4.79 Å². The second kappa shape index (κ2) is 8.51. The minimum Gasteiger partial charge on any atom is -0.484 e. The molecule has 2 N–H and O–H groups in total. The number of carbonyl (C=O) groups excluding carboxylic acids is 1. The van der Waals surface area contributed by atoms with Gasteiger partial charge < -0.3 is 4.74 Å². The van der Waals surface area contributed by atoms with Crippen LogP contribution >= 0.6 is 23.2 Å². The number of nitrogens with zero attached hydrogens (tertiary/aromatic N) is 2. The average Bonchev–Trinajstić information content (AvgIpc) is 3.10. The Hall–Kier alpha value is -2.83. The van der Waals surface area contributed by atoms with Crippen molar-refractivity contribution in [3.63, 3.8) is 0 Å². The number of carbonyl (C=O) groups is 1. The quantitative estimate of drug-likeness (QED) is 0.496. The number of ether oxygens (including phenoxy) is 1. The van der Waals surface area contributed by atoms with Gasteiger partial charge in [0, 0.05) is 21.2 Å². The van der Waals surface area contributed by atoms with E-state index in [1.54, 1.807) is 42.6 Å². The summed E-state index contributed by atoms with van der Waals surface area (Å²) in [5.41, 5.74) is 4.82. The average molecular weight is 389 g/mol. The molecule has 0 aliphatic rings. The normalized spacial score (nSPS) is 10.8. The fourth-order valence-electron chi connectivity index (χ4n) is 2.13. The highest BCUT2D eigenvalue weighted by Gasteiger charge is 2.06. The predicted molar refractivity (Wildman–Crippen MR) is 102 cm³/mol. The third kappa shape index (κ3) is 4.84. The van der Waals surface area contributed by atoms with E-state index in [2.05, 4.69) is 20.7 Å². The van der Waals surface area contributed by atoms with Gasteiger partial charge in [0.1, 0.15) is 5.75 Å². The molecule has 0 radical (unpaired) electrons. The lowest BCUT2D eigenvalue weighted by molar-refractivity contribution is -0.123. The van der Waals surface area contributed by atoms with Gasteiger partial charge in [-0.1, -0.05) is 35.3 Å². The molecule has 0 spiro atoms. The first kappa shape index (κ1) is 18.0. The van der Waals surface area contributed by atoms with Crippen molar-refractivity contribution in [1.29, 1.82) is 0 Å². The van der Waals surface area contributed by atoms with E-state index >= 15 is 0 Å². The van der Waals surface area contributed by atoms with Crippen molar-refractivity contribution < 1.29 is 9.53 Å². The van der Waals surface area contributed by atoms with Gasteiger partial charge in [0.15, 0.2) is 6.61 Å². The Balaban J connectivity index is 1.55. The number of amides is 1. The molecule has 0 atom stereocenters. The highest BCUT2D eigenvalue weighted by molar-refractivity contribution is 6.30. The maximum atomic E-state index is 11.8. The molecule has 26 heavy (non-hydrogen) atoms. The molecule has 0 unspecified atom stereocenters. The van der Waals surface area contributed by atoms with Crippen molar-refractivity contribution in [3.8, 4) is 17.0 Å². The van der Waals surface area contributed by atoms with Crippen LogP contribution < -0.4 is 10.2 Å². The third-order valence-corrected chi connectivity index (χ3v) is 3.88. The Morgan fingerprint density at radius 1 is 1.12 bits per heavy atom. The number of H-pyrrole nitrogens is 1. The number of aromatic amines is 1. The van der Waals surface area contributed by atoms with Crippen molar-refractivity contribution >= 4 is 35.3 Å². The van der Waals surface area contributed by atoms with E-state index in [-0.39, 0.29) is 12.5 Å². The summed E-state index contributed by atoms with van der Waals surface area (Å²) in [6, 6.07) is 14.0. The van der Waals surface area contributed by atoms with Crippen LogP contribution in [0.15, 0.2) is 59.8 Å². The standard InChI is InChI=1S/C18H14Cl2N4O2/c19-14-3-1-12(2-4-14)18-13(10-22-24-18)9-21-23-17(25)11-26-16-7-5-15(20)6-8-16/h1-10H,11H2,(H,22,24)(H,23,25). The van der Waals surface area contributed by atoms with Gasteiger partial charge in [0.2, 0.25) is 0 Å². The SMILES string of the molecule is O=C(COc1ccc(Cl)cc1)NN=Cc1cn[nH]c1-c1ccc(Cl)cc1. The zero-order valence-corrected chi connectivity index (χ0v) is 15.0. The van der Waals surface area contributed by atoms with Gasteiger partial charge in [-0.2, -0.15) is 10.2 Å². The molecule has 132 valence electrons. The van der Waals surface area contributed by atoms with Gasteiger partial charge >= 0.3 is 0 Å².